The Morgan fingerprint density at radius 2 is 1.50 bits per heavy atom. The van der Waals surface area contributed by atoms with Gasteiger partial charge in [0.1, 0.15) is 0 Å². The van der Waals surface area contributed by atoms with Crippen LogP contribution in [0.2, 0.25) is 0 Å². The zero-order chi connectivity index (χ0) is 53.8. The summed E-state index contributed by atoms with van der Waals surface area (Å²) in [7, 11) is 0. The lowest BCUT2D eigenvalue weighted by atomic mass is 9.86. The van der Waals surface area contributed by atoms with Gasteiger partial charge in [-0.05, 0) is 95.2 Å². The van der Waals surface area contributed by atoms with Crippen molar-refractivity contribution in [3.63, 3.8) is 0 Å². The lowest BCUT2D eigenvalue weighted by Gasteiger charge is -2.46. The Morgan fingerprint density at radius 3 is 2.20 bits per heavy atom. The molecule has 9 N–H and O–H groups in total. The third-order valence-corrected chi connectivity index (χ3v) is 17.3. The number of carbonyl (C=O) groups excluding carboxylic acids is 7. The number of aromatic nitrogens is 1. The monoisotopic (exact) mass is 1100 g/mol. The summed E-state index contributed by atoms with van der Waals surface area (Å²) in [5.41, 5.74) is 3.44. The van der Waals surface area contributed by atoms with Gasteiger partial charge in [0.15, 0.2) is 0 Å². The van der Waals surface area contributed by atoms with Crippen LogP contribution in [0.4, 0.5) is 15.3 Å². The van der Waals surface area contributed by atoms with Gasteiger partial charge in [-0.2, -0.15) is 11.8 Å². The summed E-state index contributed by atoms with van der Waals surface area (Å²) in [5, 5.41) is 27.7. The first-order chi connectivity index (χ1) is 36.8. The van der Waals surface area contributed by atoms with E-state index in [4.69, 9.17) is 19.2 Å². The van der Waals surface area contributed by atoms with Crippen molar-refractivity contribution >= 4 is 70.8 Å². The fourth-order valence-electron chi connectivity index (χ4n) is 10.7. The average molecular weight is 1100 g/mol. The molecule has 1 aromatic heterocycles. The van der Waals surface area contributed by atoms with E-state index in [9.17, 15) is 33.6 Å². The zero-order valence-corrected chi connectivity index (χ0v) is 46.1. The van der Waals surface area contributed by atoms with Gasteiger partial charge in [0.25, 0.3) is 5.91 Å². The van der Waals surface area contributed by atoms with Crippen LogP contribution in [0.1, 0.15) is 109 Å². The highest BCUT2D eigenvalue weighted by atomic mass is 32.2. The van der Waals surface area contributed by atoms with Gasteiger partial charge in [0.05, 0.1) is 66.7 Å². The molecule has 4 saturated heterocycles. The molecule has 76 heavy (non-hydrogen) atoms. The Balaban J connectivity index is 0.656. The molecule has 7 rings (SSSR count). The minimum atomic E-state index is -0.321. The van der Waals surface area contributed by atoms with Crippen LogP contribution in [0, 0.1) is 18.8 Å². The van der Waals surface area contributed by atoms with Gasteiger partial charge >= 0.3 is 12.1 Å². The molecule has 21 nitrogen and oxygen atoms in total. The summed E-state index contributed by atoms with van der Waals surface area (Å²) in [6.45, 7) is 11.0. The second-order valence-corrected chi connectivity index (χ2v) is 23.2. The zero-order valence-electron chi connectivity index (χ0n) is 44.5. The number of piperidine rings is 1. The third-order valence-electron chi connectivity index (χ3n) is 14.4. The number of anilines is 1. The second kappa shape index (κ2) is 30.3. The maximum atomic E-state index is 13.9. The lowest BCUT2D eigenvalue weighted by Crippen LogP contribution is -2.62. The first-order valence-electron chi connectivity index (χ1n) is 27.5. The number of nitrogens with one attached hydrogen (secondary N) is 9. The standard InChI is InChI=1S/C53H81N11O10S2/c1-33(2)29-35-30-34(3)40(31-58-35)64-39-18-22-57-51-46(39)48(63-53(64)71)49(76-51)50(69)60-37-12-6-11-36(37)59-45(68)17-8-19-54-43(66)15-7-16-44(67)56-21-10-24-73-26-28-74-27-25-72-23-9-20-55-42(65)14-5-4-13-41-47-38(32-75-41)61-52(70)62-47/h8,17,30-31,33,36-39,41,46-47,51,57H,4-7,9-16,18-29,32H2,1-3H3,(H,54,66)(H,55,65)(H,56,67)(H,59,68)(H,60,69)(H,63,71)(H2,61,62,70)/b17-8+/t36-,37+,38-,39?,41-,46?,47-,51?/m0/s1. The summed E-state index contributed by atoms with van der Waals surface area (Å²) >= 11 is 3.35. The van der Waals surface area contributed by atoms with Crippen LogP contribution in [0.5, 0.6) is 0 Å². The van der Waals surface area contributed by atoms with E-state index in [0.717, 1.165) is 67.6 Å². The van der Waals surface area contributed by atoms with Gasteiger partial charge in [-0.25, -0.2) is 9.59 Å². The number of unbranched alkanes of at least 4 members (excludes halogenated alkanes) is 1. The molecule has 8 atom stereocenters. The SMILES string of the molecule is Cc1cc(CC(C)C)ncc1N1C(=O)NC2=C(C(=O)N[C@@H]3CCC[C@@H]3NC(=O)/C=C/CNC(=O)CCCC(=O)NCCCOCCOCCOCCCNC(=O)CCCC[C@@H]3SC[C@@H]4NC(=O)N[C@@H]43)SC3NCCC1C23. The van der Waals surface area contributed by atoms with E-state index >= 15 is 0 Å². The highest BCUT2D eigenvalue weighted by molar-refractivity contribution is 8.04. The maximum Gasteiger partial charge on any atom is 0.326 e. The largest absolute Gasteiger partial charge is 0.379 e. The molecule has 23 heteroatoms. The summed E-state index contributed by atoms with van der Waals surface area (Å²) in [6, 6.07) is 1.50. The number of pyridine rings is 1. The van der Waals surface area contributed by atoms with E-state index in [1.165, 1.54) is 17.8 Å². The van der Waals surface area contributed by atoms with Crippen molar-refractivity contribution in [2.75, 3.05) is 76.5 Å². The number of fused-ring (bicyclic) bond motifs is 1. The van der Waals surface area contributed by atoms with Crippen molar-refractivity contribution in [1.82, 2.24) is 52.8 Å². The fraction of sp³-hybridized carbons (Fsp3) is 0.698. The molecule has 1 aromatic rings. The van der Waals surface area contributed by atoms with Gasteiger partial charge in [-0.1, -0.05) is 38.1 Å². The van der Waals surface area contributed by atoms with E-state index in [1.54, 1.807) is 6.08 Å². The molecule has 420 valence electrons. The van der Waals surface area contributed by atoms with E-state index in [0.29, 0.717) is 113 Å². The molecule has 9 amide bonds. The number of amides is 9. The van der Waals surface area contributed by atoms with Crippen molar-refractivity contribution in [2.24, 2.45) is 11.8 Å². The average Bonchev–Trinajstić information content (AvgIpc) is 4.19. The molecule has 6 aliphatic rings. The van der Waals surface area contributed by atoms with Crippen LogP contribution < -0.4 is 52.8 Å². The summed E-state index contributed by atoms with van der Waals surface area (Å²) in [6.07, 6.45) is 14.1. The second-order valence-electron chi connectivity index (χ2n) is 20.8. The van der Waals surface area contributed by atoms with Gasteiger partial charge < -0.3 is 62.1 Å². The topological polar surface area (TPSA) is 272 Å². The number of ether oxygens (including phenoxy) is 3. The number of rotatable bonds is 32. The molecule has 5 aliphatic heterocycles. The Labute approximate surface area is 455 Å². The number of hydrogen-bond acceptors (Lipinski definition) is 14. The molecule has 0 bridgehead atoms. The third kappa shape index (κ3) is 17.5. The molecular formula is C53H81N11O10S2. The molecule has 0 aromatic carbocycles. The van der Waals surface area contributed by atoms with Crippen LogP contribution in [0.15, 0.2) is 35.0 Å². The van der Waals surface area contributed by atoms with Crippen LogP contribution in [-0.2, 0) is 44.6 Å². The number of carbonyl (C=O) groups is 7. The number of nitrogens with zero attached hydrogens (tertiary/aromatic N) is 2. The summed E-state index contributed by atoms with van der Waals surface area (Å²) in [4.78, 5) is 96.0. The Hall–Kier alpha value is -4.94. The van der Waals surface area contributed by atoms with Crippen molar-refractivity contribution < 1.29 is 47.8 Å². The first kappa shape index (κ1) is 58.7. The maximum absolute atomic E-state index is 13.9. The number of thioether (sulfide) groups is 2. The van der Waals surface area contributed by atoms with E-state index < -0.39 is 0 Å². The summed E-state index contributed by atoms with van der Waals surface area (Å²) in [5.74, 6) is 0.442. The van der Waals surface area contributed by atoms with Crippen molar-refractivity contribution in [3.8, 4) is 0 Å². The number of hydrogen-bond donors (Lipinski definition) is 9. The van der Waals surface area contributed by atoms with Crippen LogP contribution >= 0.6 is 23.5 Å². The first-order valence-corrected chi connectivity index (χ1v) is 29.5. The Morgan fingerprint density at radius 1 is 0.829 bits per heavy atom. The quantitative estimate of drug-likeness (QED) is 0.0285. The molecule has 6 heterocycles. The highest BCUT2D eigenvalue weighted by Crippen LogP contribution is 2.48. The van der Waals surface area contributed by atoms with E-state index in [1.807, 2.05) is 29.8 Å². The van der Waals surface area contributed by atoms with E-state index in [2.05, 4.69) is 67.8 Å². The molecule has 0 spiro atoms. The molecule has 1 saturated carbocycles. The van der Waals surface area contributed by atoms with Gasteiger partial charge in [0, 0.05) is 98.6 Å². The van der Waals surface area contributed by atoms with E-state index in [-0.39, 0.29) is 102 Å². The van der Waals surface area contributed by atoms with Gasteiger partial charge in [-0.15, -0.1) is 0 Å². The molecular weight excluding hydrogens is 1010 g/mol. The molecule has 0 radical (unpaired) electrons. The normalized spacial score (nSPS) is 24.5. The van der Waals surface area contributed by atoms with Crippen LogP contribution in [0.3, 0.4) is 0 Å². The van der Waals surface area contributed by atoms with Gasteiger partial charge in [0.2, 0.25) is 23.6 Å². The highest BCUT2D eigenvalue weighted by Gasteiger charge is 2.52. The van der Waals surface area contributed by atoms with Crippen LogP contribution in [-0.4, -0.2) is 159 Å². The number of aryl methyl sites for hydroxylation is 1. The van der Waals surface area contributed by atoms with Crippen molar-refractivity contribution in [1.29, 1.82) is 0 Å². The molecule has 5 fully saturated rings. The summed E-state index contributed by atoms with van der Waals surface area (Å²) < 4.78 is 16.7. The molecule has 3 unspecified atom stereocenters. The predicted molar refractivity (Wildman–Crippen MR) is 292 cm³/mol. The minimum Gasteiger partial charge on any atom is -0.379 e. The van der Waals surface area contributed by atoms with Crippen molar-refractivity contribution in [2.45, 2.75) is 151 Å². The predicted octanol–water partition coefficient (Wildman–Crippen LogP) is 3.17. The fourth-order valence-corrected chi connectivity index (χ4v) is 13.6. The number of urea groups is 2. The van der Waals surface area contributed by atoms with Gasteiger partial charge in [-0.3, -0.25) is 33.9 Å². The lowest BCUT2D eigenvalue weighted by molar-refractivity contribution is -0.123. The molecule has 1 aliphatic carbocycles. The minimum absolute atomic E-state index is 0.0555. The smallest absolute Gasteiger partial charge is 0.326 e. The Kier molecular flexibility index (Phi) is 23.4. The van der Waals surface area contributed by atoms with Crippen LogP contribution in [0.25, 0.3) is 0 Å². The van der Waals surface area contributed by atoms with Crippen molar-refractivity contribution in [3.05, 3.63) is 46.3 Å². The Bertz CT molecular complexity index is 2240.